The number of rotatable bonds is 4. The lowest BCUT2D eigenvalue weighted by Gasteiger charge is -2.36. The van der Waals surface area contributed by atoms with Crippen molar-refractivity contribution in [1.29, 1.82) is 5.26 Å². The number of non-ortho nitro benzene ring substituents is 1. The van der Waals surface area contributed by atoms with E-state index in [-0.39, 0.29) is 16.3 Å². The first-order valence-corrected chi connectivity index (χ1v) is 9.68. The Balaban J connectivity index is 1.74. The summed E-state index contributed by atoms with van der Waals surface area (Å²) in [4.78, 5) is 24.6. The van der Waals surface area contributed by atoms with Crippen molar-refractivity contribution < 1.29 is 14.1 Å². The van der Waals surface area contributed by atoms with E-state index in [2.05, 4.69) is 17.9 Å². The second-order valence-corrected chi connectivity index (χ2v) is 7.32. The number of hydrogen-bond acceptors (Lipinski definition) is 7. The van der Waals surface area contributed by atoms with E-state index < -0.39 is 17.0 Å². The van der Waals surface area contributed by atoms with E-state index in [0.717, 1.165) is 11.3 Å². The summed E-state index contributed by atoms with van der Waals surface area (Å²) in [6, 6.07) is 18.9. The van der Waals surface area contributed by atoms with Crippen LogP contribution in [0.4, 0.5) is 11.4 Å². The Morgan fingerprint density at radius 2 is 1.81 bits per heavy atom. The summed E-state index contributed by atoms with van der Waals surface area (Å²) in [6.07, 6.45) is -0.730. The topological polar surface area (TPSA) is 112 Å². The summed E-state index contributed by atoms with van der Waals surface area (Å²) >= 11 is 4.46. The third-order valence-electron chi connectivity index (χ3n) is 4.89. The molecule has 0 aliphatic carbocycles. The maximum Gasteiger partial charge on any atom is 0.269 e. The molecule has 154 valence electrons. The number of nitrogens with one attached hydrogen (secondary N) is 1. The van der Waals surface area contributed by atoms with Crippen LogP contribution in [0, 0.1) is 28.4 Å². The van der Waals surface area contributed by atoms with Crippen LogP contribution in [0.1, 0.15) is 17.5 Å². The standard InChI is InChI=1S/C22H16N4O4S/c1-13-2-6-15(7-3-13)25-20(24-21(27)17(12-23)22(25)31)19-11-10-18(30-19)14-4-8-16(9-5-14)26(28)29/h2-11,20,31H,1H3,(H,24,27). The number of nitro groups is 1. The van der Waals surface area contributed by atoms with Crippen molar-refractivity contribution in [2.75, 3.05) is 4.90 Å². The average molecular weight is 432 g/mol. The predicted molar refractivity (Wildman–Crippen MR) is 117 cm³/mol. The SMILES string of the molecule is Cc1ccc(N2C(S)=C(C#N)C(=O)NC2c2ccc(-c3ccc([N+](=O)[O-])cc3)o2)cc1. The van der Waals surface area contributed by atoms with Crippen molar-refractivity contribution in [3.05, 3.63) is 92.7 Å². The van der Waals surface area contributed by atoms with Crippen LogP contribution in [0.2, 0.25) is 0 Å². The Morgan fingerprint density at radius 1 is 1.13 bits per heavy atom. The third kappa shape index (κ3) is 3.76. The molecule has 1 amide bonds. The fourth-order valence-electron chi connectivity index (χ4n) is 3.28. The Bertz CT molecular complexity index is 1240. The van der Waals surface area contributed by atoms with E-state index in [1.54, 1.807) is 29.2 Å². The molecule has 3 aromatic rings. The van der Waals surface area contributed by atoms with Crippen LogP contribution in [0.5, 0.6) is 0 Å². The van der Waals surface area contributed by atoms with Crippen molar-refractivity contribution in [2.45, 2.75) is 13.1 Å². The average Bonchev–Trinajstić information content (AvgIpc) is 3.25. The lowest BCUT2D eigenvalue weighted by atomic mass is 10.1. The van der Waals surface area contributed by atoms with Gasteiger partial charge in [0, 0.05) is 23.4 Å². The highest BCUT2D eigenvalue weighted by Gasteiger charge is 2.35. The van der Waals surface area contributed by atoms with Gasteiger partial charge in [-0.2, -0.15) is 5.26 Å². The normalized spacial score (nSPS) is 16.1. The van der Waals surface area contributed by atoms with Gasteiger partial charge in [0.1, 0.15) is 23.2 Å². The smallest absolute Gasteiger partial charge is 0.269 e. The number of hydrogen-bond donors (Lipinski definition) is 2. The monoisotopic (exact) mass is 432 g/mol. The molecule has 1 aromatic heterocycles. The van der Waals surface area contributed by atoms with Gasteiger partial charge in [0.25, 0.3) is 11.6 Å². The van der Waals surface area contributed by atoms with Crippen LogP contribution in [0.25, 0.3) is 11.3 Å². The number of carbonyl (C=O) groups is 1. The fraction of sp³-hybridized carbons (Fsp3) is 0.0909. The van der Waals surface area contributed by atoms with Crippen LogP contribution in [0.15, 0.2) is 75.7 Å². The molecule has 0 saturated carbocycles. The molecule has 4 rings (SSSR count). The van der Waals surface area contributed by atoms with E-state index in [1.165, 1.54) is 12.1 Å². The Kier molecular flexibility index (Phi) is 5.23. The zero-order valence-corrected chi connectivity index (χ0v) is 17.2. The molecule has 9 heteroatoms. The molecule has 8 nitrogen and oxygen atoms in total. The molecule has 31 heavy (non-hydrogen) atoms. The zero-order chi connectivity index (χ0) is 22.1. The largest absolute Gasteiger partial charge is 0.457 e. The number of nitrogens with zero attached hydrogens (tertiary/aromatic N) is 3. The van der Waals surface area contributed by atoms with E-state index in [9.17, 15) is 20.2 Å². The van der Waals surface area contributed by atoms with Gasteiger partial charge >= 0.3 is 0 Å². The molecular weight excluding hydrogens is 416 g/mol. The molecule has 0 bridgehead atoms. The minimum absolute atomic E-state index is 0.0190. The van der Waals surface area contributed by atoms with Gasteiger partial charge in [-0.05, 0) is 43.3 Å². The Labute approximate surface area is 183 Å². The van der Waals surface area contributed by atoms with Crippen LogP contribution in [0.3, 0.4) is 0 Å². The number of nitriles is 1. The molecule has 0 radical (unpaired) electrons. The molecule has 1 atom stereocenters. The van der Waals surface area contributed by atoms with E-state index in [1.807, 2.05) is 37.3 Å². The number of aryl methyl sites for hydroxylation is 1. The molecule has 1 unspecified atom stereocenters. The summed E-state index contributed by atoms with van der Waals surface area (Å²) in [6.45, 7) is 1.96. The highest BCUT2D eigenvalue weighted by atomic mass is 32.1. The fourth-order valence-corrected chi connectivity index (χ4v) is 3.67. The third-order valence-corrected chi connectivity index (χ3v) is 5.33. The lowest BCUT2D eigenvalue weighted by molar-refractivity contribution is -0.384. The van der Waals surface area contributed by atoms with Gasteiger partial charge < -0.3 is 14.6 Å². The minimum Gasteiger partial charge on any atom is -0.457 e. The summed E-state index contributed by atoms with van der Waals surface area (Å²) < 4.78 is 5.98. The molecule has 2 aromatic carbocycles. The first kappa shape index (κ1) is 20.3. The van der Waals surface area contributed by atoms with Gasteiger partial charge in [0.15, 0.2) is 6.17 Å². The van der Waals surface area contributed by atoms with Crippen molar-refractivity contribution in [3.63, 3.8) is 0 Å². The molecule has 0 spiro atoms. The first-order valence-electron chi connectivity index (χ1n) is 9.23. The maximum atomic E-state index is 12.5. The zero-order valence-electron chi connectivity index (χ0n) is 16.3. The van der Waals surface area contributed by atoms with Crippen molar-refractivity contribution in [2.24, 2.45) is 0 Å². The molecular formula is C22H16N4O4S. The van der Waals surface area contributed by atoms with Crippen LogP contribution in [-0.4, -0.2) is 10.8 Å². The molecule has 1 N–H and O–H groups in total. The van der Waals surface area contributed by atoms with Crippen molar-refractivity contribution in [3.8, 4) is 17.4 Å². The van der Waals surface area contributed by atoms with E-state index in [0.29, 0.717) is 17.1 Å². The molecule has 1 aliphatic rings. The van der Waals surface area contributed by atoms with Crippen molar-refractivity contribution >= 4 is 29.9 Å². The first-order chi connectivity index (χ1) is 14.9. The molecule has 0 saturated heterocycles. The van der Waals surface area contributed by atoms with E-state index >= 15 is 0 Å². The predicted octanol–water partition coefficient (Wildman–Crippen LogP) is 4.46. The van der Waals surface area contributed by atoms with Gasteiger partial charge in [-0.25, -0.2) is 0 Å². The summed E-state index contributed by atoms with van der Waals surface area (Å²) in [5.41, 5.74) is 2.32. The van der Waals surface area contributed by atoms with Gasteiger partial charge in [0.2, 0.25) is 0 Å². The number of benzene rings is 2. The van der Waals surface area contributed by atoms with Gasteiger partial charge in [0.05, 0.1) is 9.95 Å². The summed E-state index contributed by atoms with van der Waals surface area (Å²) in [5.74, 6) is 0.360. The summed E-state index contributed by atoms with van der Waals surface area (Å²) in [7, 11) is 0. The van der Waals surface area contributed by atoms with E-state index in [4.69, 9.17) is 4.42 Å². The van der Waals surface area contributed by atoms with Crippen LogP contribution in [-0.2, 0) is 4.79 Å². The molecule has 0 fully saturated rings. The van der Waals surface area contributed by atoms with Gasteiger partial charge in [-0.3, -0.25) is 14.9 Å². The Hall–Kier alpha value is -4.03. The quantitative estimate of drug-likeness (QED) is 0.357. The van der Waals surface area contributed by atoms with Crippen LogP contribution < -0.4 is 10.2 Å². The summed E-state index contributed by atoms with van der Waals surface area (Å²) in [5, 5.41) is 23.3. The second kappa shape index (κ2) is 8.01. The number of anilines is 1. The Morgan fingerprint density at radius 3 is 2.42 bits per heavy atom. The van der Waals surface area contributed by atoms with Crippen LogP contribution >= 0.6 is 12.6 Å². The highest BCUT2D eigenvalue weighted by Crippen LogP contribution is 2.37. The van der Waals surface area contributed by atoms with Gasteiger partial charge in [-0.1, -0.05) is 17.7 Å². The number of amides is 1. The number of thiol groups is 1. The lowest BCUT2D eigenvalue weighted by Crippen LogP contribution is -2.45. The highest BCUT2D eigenvalue weighted by molar-refractivity contribution is 7.84. The second-order valence-electron chi connectivity index (χ2n) is 6.90. The van der Waals surface area contributed by atoms with Crippen molar-refractivity contribution in [1.82, 2.24) is 5.32 Å². The minimum atomic E-state index is -0.730. The number of nitro benzene ring substituents is 1. The number of furan rings is 1. The van der Waals surface area contributed by atoms with Gasteiger partial charge in [-0.15, -0.1) is 12.6 Å². The molecule has 2 heterocycles. The molecule has 1 aliphatic heterocycles. The number of carbonyl (C=O) groups excluding carboxylic acids is 1. The maximum absolute atomic E-state index is 12.5.